The van der Waals surface area contributed by atoms with E-state index in [2.05, 4.69) is 4.98 Å². The lowest BCUT2D eigenvalue weighted by Crippen LogP contribution is -2.06. The first-order valence-corrected chi connectivity index (χ1v) is 3.15. The summed E-state index contributed by atoms with van der Waals surface area (Å²) in [6.45, 7) is 0. The van der Waals surface area contributed by atoms with Crippen molar-refractivity contribution in [2.24, 2.45) is 0 Å². The van der Waals surface area contributed by atoms with Gasteiger partial charge in [0.25, 0.3) is 0 Å². The molecule has 1 heterocycles. The zero-order chi connectivity index (χ0) is 9.30. The molecule has 1 aromatic rings. The molecule has 1 rings (SSSR count). The molecular weight excluding hydrogens is 192 g/mol. The van der Waals surface area contributed by atoms with Crippen molar-refractivity contribution in [2.75, 3.05) is 0 Å². The van der Waals surface area contributed by atoms with Crippen LogP contribution in [0.25, 0.3) is 0 Å². The van der Waals surface area contributed by atoms with Crippen molar-refractivity contribution in [2.45, 2.75) is 0 Å². The molecule has 0 aliphatic rings. The predicted molar refractivity (Wildman–Crippen MR) is 36.1 cm³/mol. The highest BCUT2D eigenvalue weighted by Crippen LogP contribution is 2.17. The molecule has 64 valence electrons. The fourth-order valence-corrected chi connectivity index (χ4v) is 0.790. The zero-order valence-electron chi connectivity index (χ0n) is 5.51. The quantitative estimate of drug-likeness (QED) is 0.691. The number of halogens is 3. The van der Waals surface area contributed by atoms with Crippen LogP contribution in [0.3, 0.4) is 0 Å². The summed E-state index contributed by atoms with van der Waals surface area (Å²) in [5.41, 5.74) is -1.01. The molecule has 0 saturated heterocycles. The number of rotatable bonds is 1. The van der Waals surface area contributed by atoms with Gasteiger partial charge in [0.05, 0.1) is 5.02 Å². The number of nitrogens with zero attached hydrogens (tertiary/aromatic N) is 1. The van der Waals surface area contributed by atoms with E-state index >= 15 is 0 Å². The Bertz CT molecular complexity index is 343. The molecule has 0 spiro atoms. The maximum atomic E-state index is 12.7. The Hall–Kier alpha value is -1.23. The molecule has 0 aliphatic heterocycles. The van der Waals surface area contributed by atoms with Crippen LogP contribution < -0.4 is 0 Å². The molecule has 0 bridgehead atoms. The van der Waals surface area contributed by atoms with Crippen molar-refractivity contribution in [3.63, 3.8) is 0 Å². The average molecular weight is 194 g/mol. The second-order valence-corrected chi connectivity index (χ2v) is 2.30. The number of aromatic carboxylic acids is 1. The highest BCUT2D eigenvalue weighted by Gasteiger charge is 2.16. The number of pyridine rings is 1. The minimum absolute atomic E-state index is 0.597. The lowest BCUT2D eigenvalue weighted by atomic mass is 10.3. The first kappa shape index (κ1) is 8.86. The van der Waals surface area contributed by atoms with E-state index in [1.807, 2.05) is 0 Å². The number of carboxylic acids is 1. The number of aromatic nitrogens is 1. The van der Waals surface area contributed by atoms with Crippen molar-refractivity contribution in [1.29, 1.82) is 0 Å². The molecular formula is C6H2ClF2NO2. The maximum Gasteiger partial charge on any atom is 0.357 e. The maximum absolute atomic E-state index is 12.7. The van der Waals surface area contributed by atoms with Gasteiger partial charge in [-0.1, -0.05) is 11.6 Å². The van der Waals surface area contributed by atoms with E-state index in [9.17, 15) is 13.6 Å². The van der Waals surface area contributed by atoms with Crippen LogP contribution >= 0.6 is 11.6 Å². The Morgan fingerprint density at radius 3 is 2.67 bits per heavy atom. The summed E-state index contributed by atoms with van der Waals surface area (Å²) < 4.78 is 25.0. The molecule has 0 unspecified atom stereocenters. The van der Waals surface area contributed by atoms with Crippen LogP contribution in [-0.2, 0) is 0 Å². The molecule has 0 fully saturated rings. The van der Waals surface area contributed by atoms with Crippen molar-refractivity contribution in [3.05, 3.63) is 28.5 Å². The van der Waals surface area contributed by atoms with E-state index in [-0.39, 0.29) is 0 Å². The molecule has 0 atom stereocenters. The van der Waals surface area contributed by atoms with E-state index in [0.717, 1.165) is 0 Å². The van der Waals surface area contributed by atoms with Crippen molar-refractivity contribution < 1.29 is 18.7 Å². The molecule has 0 radical (unpaired) electrons. The third-order valence-electron chi connectivity index (χ3n) is 1.08. The van der Waals surface area contributed by atoms with Crippen LogP contribution in [-0.4, -0.2) is 16.1 Å². The predicted octanol–water partition coefficient (Wildman–Crippen LogP) is 1.71. The summed E-state index contributed by atoms with van der Waals surface area (Å²) in [5.74, 6) is -4.02. The third kappa shape index (κ3) is 1.50. The average Bonchev–Trinajstić information content (AvgIpc) is 1.96. The Morgan fingerprint density at radius 1 is 1.58 bits per heavy atom. The highest BCUT2D eigenvalue weighted by atomic mass is 35.5. The minimum Gasteiger partial charge on any atom is -0.476 e. The van der Waals surface area contributed by atoms with Gasteiger partial charge in [-0.15, -0.1) is 0 Å². The van der Waals surface area contributed by atoms with Gasteiger partial charge in [0, 0.05) is 6.07 Å². The molecule has 0 aromatic carbocycles. The largest absolute Gasteiger partial charge is 0.476 e. The number of carboxylic acid groups (broad SMARTS) is 1. The Labute approximate surface area is 70.6 Å². The van der Waals surface area contributed by atoms with Crippen LogP contribution in [0.15, 0.2) is 6.07 Å². The molecule has 0 saturated carbocycles. The molecule has 1 aromatic heterocycles. The van der Waals surface area contributed by atoms with Crippen LogP contribution in [0.5, 0.6) is 0 Å². The first-order valence-electron chi connectivity index (χ1n) is 2.77. The summed E-state index contributed by atoms with van der Waals surface area (Å²) in [6.07, 6.45) is 0. The van der Waals surface area contributed by atoms with Gasteiger partial charge in [0.2, 0.25) is 5.95 Å². The molecule has 0 amide bonds. The van der Waals surface area contributed by atoms with Crippen molar-refractivity contribution >= 4 is 17.6 Å². The van der Waals surface area contributed by atoms with Crippen molar-refractivity contribution in [3.8, 4) is 0 Å². The molecule has 0 aliphatic carbocycles. The molecule has 1 N–H and O–H groups in total. The van der Waals surface area contributed by atoms with Gasteiger partial charge in [0.15, 0.2) is 11.5 Å². The third-order valence-corrected chi connectivity index (χ3v) is 1.36. The zero-order valence-corrected chi connectivity index (χ0v) is 6.27. The topological polar surface area (TPSA) is 50.2 Å². The summed E-state index contributed by atoms with van der Waals surface area (Å²) >= 11 is 5.14. The summed E-state index contributed by atoms with van der Waals surface area (Å²) in [4.78, 5) is 13.0. The van der Waals surface area contributed by atoms with Gasteiger partial charge >= 0.3 is 5.97 Å². The molecule has 3 nitrogen and oxygen atoms in total. The van der Waals surface area contributed by atoms with Gasteiger partial charge in [-0.3, -0.25) is 0 Å². The monoisotopic (exact) mass is 193 g/mol. The van der Waals surface area contributed by atoms with Crippen molar-refractivity contribution in [1.82, 2.24) is 4.98 Å². The van der Waals surface area contributed by atoms with Gasteiger partial charge in [-0.2, -0.15) is 4.39 Å². The van der Waals surface area contributed by atoms with Crippen LogP contribution in [0.1, 0.15) is 10.5 Å². The normalized spacial score (nSPS) is 9.92. The Balaban J connectivity index is 3.37. The number of hydrogen-bond acceptors (Lipinski definition) is 2. The second kappa shape index (κ2) is 3.02. The smallest absolute Gasteiger partial charge is 0.357 e. The van der Waals surface area contributed by atoms with Gasteiger partial charge in [-0.25, -0.2) is 14.2 Å². The van der Waals surface area contributed by atoms with E-state index in [1.54, 1.807) is 0 Å². The van der Waals surface area contributed by atoms with E-state index < -0.39 is 28.5 Å². The number of carbonyl (C=O) groups is 1. The lowest BCUT2D eigenvalue weighted by molar-refractivity contribution is 0.0683. The fraction of sp³-hybridized carbons (Fsp3) is 0. The van der Waals surface area contributed by atoms with E-state index in [4.69, 9.17) is 16.7 Å². The van der Waals surface area contributed by atoms with Crippen LogP contribution in [0.4, 0.5) is 8.78 Å². The van der Waals surface area contributed by atoms with E-state index in [1.165, 1.54) is 0 Å². The standard InChI is InChI=1S/C6H2ClF2NO2/c7-2-1-3(8)10-5(4(2)9)6(11)12/h1H,(H,11,12). The van der Waals surface area contributed by atoms with Crippen LogP contribution in [0.2, 0.25) is 5.02 Å². The van der Waals surface area contributed by atoms with Gasteiger partial charge < -0.3 is 5.11 Å². The van der Waals surface area contributed by atoms with Gasteiger partial charge in [0.1, 0.15) is 0 Å². The molecule has 6 heteroatoms. The van der Waals surface area contributed by atoms with Gasteiger partial charge in [-0.05, 0) is 0 Å². The molecule has 12 heavy (non-hydrogen) atoms. The van der Waals surface area contributed by atoms with Crippen LogP contribution in [0, 0.1) is 11.8 Å². The second-order valence-electron chi connectivity index (χ2n) is 1.89. The lowest BCUT2D eigenvalue weighted by Gasteiger charge is -1.97. The number of hydrogen-bond donors (Lipinski definition) is 1. The van der Waals surface area contributed by atoms with E-state index in [0.29, 0.717) is 6.07 Å². The highest BCUT2D eigenvalue weighted by molar-refractivity contribution is 6.31. The summed E-state index contributed by atoms with van der Waals surface area (Å²) in [7, 11) is 0. The summed E-state index contributed by atoms with van der Waals surface area (Å²) in [5, 5.41) is 7.69. The minimum atomic E-state index is -1.66. The Kier molecular flexibility index (Phi) is 2.23. The SMILES string of the molecule is O=C(O)c1nc(F)cc(Cl)c1F. The first-order chi connectivity index (χ1) is 5.52. The Morgan fingerprint density at radius 2 is 2.17 bits per heavy atom. The summed E-state index contributed by atoms with van der Waals surface area (Å²) in [6, 6.07) is 0.601. The fourth-order valence-electron chi connectivity index (χ4n) is 0.611.